The van der Waals surface area contributed by atoms with Crippen LogP contribution < -0.4 is 10.6 Å². The predicted molar refractivity (Wildman–Crippen MR) is 112 cm³/mol. The molecule has 2 rings (SSSR count). The smallest absolute Gasteiger partial charge is 0.241 e. The van der Waals surface area contributed by atoms with E-state index in [2.05, 4.69) is 39.5 Å². The van der Waals surface area contributed by atoms with Gasteiger partial charge < -0.3 is 15.7 Å². The SMILES string of the molecule is CC(C)[C@@H](C)C[C@H](O)[C@@H](N)CN1CC(=O)N(c2ccccc2Cl)CC1(C)C. The Morgan fingerprint density at radius 2 is 1.89 bits per heavy atom. The zero-order valence-electron chi connectivity index (χ0n) is 17.2. The number of carbonyl (C=O) groups is 1. The zero-order valence-corrected chi connectivity index (χ0v) is 17.9. The minimum absolute atomic E-state index is 0.000312. The predicted octanol–water partition coefficient (Wildman–Crippen LogP) is 3.14. The molecule has 0 spiro atoms. The van der Waals surface area contributed by atoms with Crippen molar-refractivity contribution in [2.24, 2.45) is 17.6 Å². The van der Waals surface area contributed by atoms with Crippen molar-refractivity contribution in [3.8, 4) is 0 Å². The first-order valence-corrected chi connectivity index (χ1v) is 10.1. The highest BCUT2D eigenvalue weighted by atomic mass is 35.5. The van der Waals surface area contributed by atoms with E-state index in [0.29, 0.717) is 36.4 Å². The lowest BCUT2D eigenvalue weighted by Gasteiger charge is -2.47. The first-order valence-electron chi connectivity index (χ1n) is 9.76. The van der Waals surface area contributed by atoms with Crippen molar-refractivity contribution in [2.75, 3.05) is 24.5 Å². The van der Waals surface area contributed by atoms with Crippen LogP contribution in [-0.4, -0.2) is 53.2 Å². The lowest BCUT2D eigenvalue weighted by atomic mass is 9.89. The van der Waals surface area contributed by atoms with E-state index in [0.717, 1.165) is 5.69 Å². The topological polar surface area (TPSA) is 69.8 Å². The molecule has 152 valence electrons. The molecule has 0 saturated carbocycles. The Balaban J connectivity index is 2.06. The monoisotopic (exact) mass is 395 g/mol. The average molecular weight is 396 g/mol. The Labute approximate surface area is 168 Å². The molecule has 1 aromatic rings. The van der Waals surface area contributed by atoms with Gasteiger partial charge in [-0.05, 0) is 44.2 Å². The minimum atomic E-state index is -0.574. The third kappa shape index (κ3) is 5.44. The summed E-state index contributed by atoms with van der Waals surface area (Å²) in [5.74, 6) is 0.904. The van der Waals surface area contributed by atoms with Gasteiger partial charge in [0, 0.05) is 24.7 Å². The van der Waals surface area contributed by atoms with E-state index in [1.54, 1.807) is 11.0 Å². The van der Waals surface area contributed by atoms with Crippen LogP contribution in [0.3, 0.4) is 0 Å². The largest absolute Gasteiger partial charge is 0.391 e. The number of hydrogen-bond donors (Lipinski definition) is 2. The number of anilines is 1. The molecule has 1 heterocycles. The first-order chi connectivity index (χ1) is 12.5. The van der Waals surface area contributed by atoms with Gasteiger partial charge in [0.2, 0.25) is 5.91 Å². The Morgan fingerprint density at radius 1 is 1.26 bits per heavy atom. The van der Waals surface area contributed by atoms with Gasteiger partial charge in [-0.3, -0.25) is 9.69 Å². The number of aliphatic hydroxyl groups is 1. The van der Waals surface area contributed by atoms with E-state index in [-0.39, 0.29) is 24.0 Å². The fraction of sp³-hybridized carbons (Fsp3) is 0.667. The molecule has 0 aromatic heterocycles. The summed E-state index contributed by atoms with van der Waals surface area (Å²) < 4.78 is 0. The highest BCUT2D eigenvalue weighted by Gasteiger charge is 2.40. The van der Waals surface area contributed by atoms with Crippen LogP contribution in [0.5, 0.6) is 0 Å². The summed E-state index contributed by atoms with van der Waals surface area (Å²) in [6.07, 6.45) is 0.0992. The third-order valence-electron chi connectivity index (χ3n) is 5.85. The van der Waals surface area contributed by atoms with Gasteiger partial charge in [0.1, 0.15) is 0 Å². The second-order valence-electron chi connectivity index (χ2n) is 8.81. The summed E-state index contributed by atoms with van der Waals surface area (Å²) in [5.41, 5.74) is 6.77. The number of rotatable bonds is 7. The number of halogens is 1. The van der Waals surface area contributed by atoms with Crippen LogP contribution in [0.25, 0.3) is 0 Å². The number of nitrogens with zero attached hydrogens (tertiary/aromatic N) is 2. The van der Waals surface area contributed by atoms with Gasteiger partial charge in [0.25, 0.3) is 0 Å². The summed E-state index contributed by atoms with van der Waals surface area (Å²) >= 11 is 6.29. The van der Waals surface area contributed by atoms with Gasteiger partial charge in [0.05, 0.1) is 23.4 Å². The lowest BCUT2D eigenvalue weighted by Crippen LogP contribution is -2.64. The molecule has 3 N–H and O–H groups in total. The van der Waals surface area contributed by atoms with Gasteiger partial charge in [0.15, 0.2) is 0 Å². The van der Waals surface area contributed by atoms with Crippen LogP contribution in [0.15, 0.2) is 24.3 Å². The Bertz CT molecular complexity index is 650. The Hall–Kier alpha value is -1.14. The van der Waals surface area contributed by atoms with E-state index >= 15 is 0 Å². The highest BCUT2D eigenvalue weighted by Crippen LogP contribution is 2.31. The van der Waals surface area contributed by atoms with Gasteiger partial charge in [-0.15, -0.1) is 0 Å². The number of aliphatic hydroxyl groups excluding tert-OH is 1. The molecule has 1 aliphatic heterocycles. The van der Waals surface area contributed by atoms with E-state index in [4.69, 9.17) is 17.3 Å². The quantitative estimate of drug-likeness (QED) is 0.744. The summed E-state index contributed by atoms with van der Waals surface area (Å²) in [4.78, 5) is 16.6. The molecule has 0 unspecified atom stereocenters. The van der Waals surface area contributed by atoms with Crippen LogP contribution in [0.4, 0.5) is 5.69 Å². The van der Waals surface area contributed by atoms with Gasteiger partial charge >= 0.3 is 0 Å². The average Bonchev–Trinajstić information content (AvgIpc) is 2.58. The summed E-state index contributed by atoms with van der Waals surface area (Å²) in [6.45, 7) is 11.9. The molecule has 6 heteroatoms. The van der Waals surface area contributed by atoms with Crippen molar-refractivity contribution < 1.29 is 9.90 Å². The van der Waals surface area contributed by atoms with Crippen molar-refractivity contribution in [3.05, 3.63) is 29.3 Å². The molecular formula is C21H34ClN3O2. The van der Waals surface area contributed by atoms with Crippen LogP contribution in [-0.2, 0) is 4.79 Å². The number of amides is 1. The van der Waals surface area contributed by atoms with Crippen molar-refractivity contribution >= 4 is 23.2 Å². The molecule has 27 heavy (non-hydrogen) atoms. The summed E-state index contributed by atoms with van der Waals surface area (Å²) in [6, 6.07) is 7.03. The standard InChI is InChI=1S/C21H34ClN3O2/c1-14(2)15(3)10-19(26)17(23)11-24-12-20(27)25(13-21(24,4)5)18-9-7-6-8-16(18)22/h6-9,14-15,17,19,26H,10-13,23H2,1-5H3/t15-,17-,19-/m0/s1. The van der Waals surface area contributed by atoms with Crippen molar-refractivity contribution in [1.29, 1.82) is 0 Å². The molecule has 3 atom stereocenters. The Morgan fingerprint density at radius 3 is 2.48 bits per heavy atom. The van der Waals surface area contributed by atoms with Crippen LogP contribution >= 0.6 is 11.6 Å². The van der Waals surface area contributed by atoms with Crippen LogP contribution in [0.1, 0.15) is 41.0 Å². The fourth-order valence-electron chi connectivity index (χ4n) is 3.44. The van der Waals surface area contributed by atoms with Gasteiger partial charge in [-0.1, -0.05) is 44.5 Å². The molecule has 1 aliphatic rings. The third-order valence-corrected chi connectivity index (χ3v) is 6.17. The molecule has 0 aliphatic carbocycles. The molecule has 1 amide bonds. The summed E-state index contributed by atoms with van der Waals surface area (Å²) in [7, 11) is 0. The number of carbonyl (C=O) groups excluding carboxylic acids is 1. The molecule has 5 nitrogen and oxygen atoms in total. The molecule has 1 fully saturated rings. The van der Waals surface area contributed by atoms with E-state index < -0.39 is 6.10 Å². The maximum absolute atomic E-state index is 12.8. The second kappa shape index (κ2) is 8.91. The second-order valence-corrected chi connectivity index (χ2v) is 9.22. The van der Waals surface area contributed by atoms with E-state index in [9.17, 15) is 9.90 Å². The summed E-state index contributed by atoms with van der Waals surface area (Å²) in [5, 5.41) is 11.1. The van der Waals surface area contributed by atoms with Crippen molar-refractivity contribution in [2.45, 2.75) is 58.7 Å². The molecule has 0 radical (unpaired) electrons. The van der Waals surface area contributed by atoms with Gasteiger partial charge in [-0.25, -0.2) is 0 Å². The molecule has 1 aromatic carbocycles. The van der Waals surface area contributed by atoms with Crippen molar-refractivity contribution in [1.82, 2.24) is 4.90 Å². The van der Waals surface area contributed by atoms with Crippen LogP contribution in [0.2, 0.25) is 5.02 Å². The molecular weight excluding hydrogens is 362 g/mol. The number of nitrogens with two attached hydrogens (primary N) is 1. The van der Waals surface area contributed by atoms with E-state index in [1.807, 2.05) is 18.2 Å². The van der Waals surface area contributed by atoms with E-state index in [1.165, 1.54) is 0 Å². The van der Waals surface area contributed by atoms with Crippen LogP contribution in [0, 0.1) is 11.8 Å². The maximum Gasteiger partial charge on any atom is 0.241 e. The molecule has 0 bridgehead atoms. The zero-order chi connectivity index (χ0) is 20.4. The minimum Gasteiger partial charge on any atom is -0.391 e. The number of benzene rings is 1. The highest BCUT2D eigenvalue weighted by molar-refractivity contribution is 6.33. The number of hydrogen-bond acceptors (Lipinski definition) is 4. The van der Waals surface area contributed by atoms with Gasteiger partial charge in [-0.2, -0.15) is 0 Å². The first kappa shape index (κ1) is 22.2. The lowest BCUT2D eigenvalue weighted by molar-refractivity contribution is -0.124. The number of para-hydroxylation sites is 1. The maximum atomic E-state index is 12.8. The van der Waals surface area contributed by atoms with Crippen molar-refractivity contribution in [3.63, 3.8) is 0 Å². The molecule has 1 saturated heterocycles. The Kier molecular flexibility index (Phi) is 7.31. The number of piperazine rings is 1. The normalized spacial score (nSPS) is 21.4. The fourth-order valence-corrected chi connectivity index (χ4v) is 3.68.